The van der Waals surface area contributed by atoms with Crippen molar-refractivity contribution in [2.45, 2.75) is 90.5 Å². The Bertz CT molecular complexity index is 1190. The van der Waals surface area contributed by atoms with E-state index >= 15 is 0 Å². The molecule has 3 aromatic heterocycles. The van der Waals surface area contributed by atoms with Crippen LogP contribution in [0.1, 0.15) is 104 Å². The van der Waals surface area contributed by atoms with Crippen molar-refractivity contribution < 1.29 is 4.79 Å². The number of carbonyl (C=O) groups is 1. The van der Waals surface area contributed by atoms with Crippen LogP contribution in [0.4, 0.5) is 5.95 Å². The number of nitrogens with one attached hydrogen (secondary N) is 1. The molecule has 1 aliphatic carbocycles. The van der Waals surface area contributed by atoms with Gasteiger partial charge in [0.05, 0.1) is 17.1 Å². The van der Waals surface area contributed by atoms with Gasteiger partial charge >= 0.3 is 0 Å². The van der Waals surface area contributed by atoms with Crippen molar-refractivity contribution in [1.82, 2.24) is 29.6 Å². The van der Waals surface area contributed by atoms with E-state index in [4.69, 9.17) is 10.1 Å². The number of amides is 1. The number of rotatable bonds is 7. The van der Waals surface area contributed by atoms with E-state index < -0.39 is 0 Å². The highest BCUT2D eigenvalue weighted by Crippen LogP contribution is 2.36. The molecule has 36 heavy (non-hydrogen) atoms. The predicted molar refractivity (Wildman–Crippen MR) is 142 cm³/mol. The number of aromatic nitrogens is 5. The summed E-state index contributed by atoms with van der Waals surface area (Å²) in [7, 11) is 0. The molecule has 0 unspecified atom stereocenters. The van der Waals surface area contributed by atoms with Crippen LogP contribution in [-0.2, 0) is 0 Å². The van der Waals surface area contributed by atoms with Crippen molar-refractivity contribution in [3.05, 3.63) is 41.0 Å². The Labute approximate surface area is 213 Å². The smallest absolute Gasteiger partial charge is 0.253 e. The van der Waals surface area contributed by atoms with Crippen molar-refractivity contribution in [3.8, 4) is 0 Å². The first kappa shape index (κ1) is 24.7. The number of carbonyl (C=O) groups excluding carboxylic acids is 1. The molecular formula is C28H39N7O. The molecule has 0 spiro atoms. The van der Waals surface area contributed by atoms with Crippen LogP contribution >= 0.6 is 0 Å². The molecule has 3 aromatic rings. The Morgan fingerprint density at radius 1 is 1.03 bits per heavy atom. The standard InChI is InChI=1S/C28H39N7O/c1-4-5-13-29-28-30-18-24-25(33-35(26(24)32-28)23-9-7-6-8-10-23)21-11-14-34(15-12-21)27(36)22-16-19(2)31-20(3)17-22/h16-18,21,23H,4-15H2,1-3H3,(H,29,30,32). The van der Waals surface area contributed by atoms with E-state index in [0.29, 0.717) is 17.9 Å². The van der Waals surface area contributed by atoms with Gasteiger partial charge in [-0.3, -0.25) is 9.78 Å². The summed E-state index contributed by atoms with van der Waals surface area (Å²) in [6.45, 7) is 8.43. The maximum atomic E-state index is 13.2. The Balaban J connectivity index is 1.37. The van der Waals surface area contributed by atoms with Gasteiger partial charge in [-0.2, -0.15) is 10.1 Å². The van der Waals surface area contributed by atoms with Crippen LogP contribution in [-0.4, -0.2) is 55.2 Å². The van der Waals surface area contributed by atoms with E-state index in [-0.39, 0.29) is 5.91 Å². The van der Waals surface area contributed by atoms with Gasteiger partial charge < -0.3 is 10.2 Å². The summed E-state index contributed by atoms with van der Waals surface area (Å²) in [4.78, 5) is 29.2. The van der Waals surface area contributed by atoms with Gasteiger partial charge in [0.1, 0.15) is 0 Å². The normalized spacial score (nSPS) is 17.6. The number of aryl methyl sites for hydroxylation is 2. The van der Waals surface area contributed by atoms with E-state index in [1.54, 1.807) is 0 Å². The number of hydrogen-bond donors (Lipinski definition) is 1. The van der Waals surface area contributed by atoms with Gasteiger partial charge in [0.15, 0.2) is 5.65 Å². The van der Waals surface area contributed by atoms with Gasteiger partial charge in [-0.05, 0) is 58.1 Å². The monoisotopic (exact) mass is 489 g/mol. The number of anilines is 1. The molecule has 5 rings (SSSR count). The van der Waals surface area contributed by atoms with Crippen molar-refractivity contribution in [2.24, 2.45) is 0 Å². The predicted octanol–water partition coefficient (Wildman–Crippen LogP) is 5.58. The topological polar surface area (TPSA) is 88.8 Å². The van der Waals surface area contributed by atoms with Gasteiger partial charge in [-0.15, -0.1) is 0 Å². The number of nitrogens with zero attached hydrogens (tertiary/aromatic N) is 6. The average Bonchev–Trinajstić information content (AvgIpc) is 3.27. The van der Waals surface area contributed by atoms with E-state index in [1.807, 2.05) is 37.1 Å². The van der Waals surface area contributed by atoms with Crippen LogP contribution < -0.4 is 5.32 Å². The molecule has 2 fully saturated rings. The van der Waals surface area contributed by atoms with E-state index in [9.17, 15) is 4.79 Å². The molecule has 1 aliphatic heterocycles. The second-order valence-electron chi connectivity index (χ2n) is 10.5. The van der Waals surface area contributed by atoms with Crippen molar-refractivity contribution in [3.63, 3.8) is 0 Å². The molecule has 4 heterocycles. The summed E-state index contributed by atoms with van der Waals surface area (Å²) < 4.78 is 2.20. The Morgan fingerprint density at radius 2 is 1.75 bits per heavy atom. The molecule has 192 valence electrons. The number of hydrogen-bond acceptors (Lipinski definition) is 6. The molecule has 2 aliphatic rings. The zero-order valence-electron chi connectivity index (χ0n) is 22.0. The first-order valence-corrected chi connectivity index (χ1v) is 13.8. The molecule has 8 heteroatoms. The fourth-order valence-corrected chi connectivity index (χ4v) is 5.79. The first-order chi connectivity index (χ1) is 17.5. The molecule has 0 bridgehead atoms. The SMILES string of the molecule is CCCCNc1ncc2c(C3CCN(C(=O)c4cc(C)nc(C)c4)CC3)nn(C3CCCCC3)c2n1. The third-order valence-electron chi connectivity index (χ3n) is 7.71. The fraction of sp³-hybridized carbons (Fsp3) is 0.607. The Morgan fingerprint density at radius 3 is 2.44 bits per heavy atom. The molecule has 1 N–H and O–H groups in total. The molecule has 1 saturated heterocycles. The van der Waals surface area contributed by atoms with Crippen LogP contribution in [0.15, 0.2) is 18.3 Å². The molecule has 0 aromatic carbocycles. The molecule has 8 nitrogen and oxygen atoms in total. The minimum Gasteiger partial charge on any atom is -0.354 e. The second-order valence-corrected chi connectivity index (χ2v) is 10.5. The largest absolute Gasteiger partial charge is 0.354 e. The van der Waals surface area contributed by atoms with Crippen molar-refractivity contribution in [2.75, 3.05) is 25.0 Å². The lowest BCUT2D eigenvalue weighted by Gasteiger charge is -2.31. The van der Waals surface area contributed by atoms with Crippen LogP contribution in [0, 0.1) is 13.8 Å². The zero-order chi connectivity index (χ0) is 25.1. The van der Waals surface area contributed by atoms with Crippen LogP contribution in [0.2, 0.25) is 0 Å². The van der Waals surface area contributed by atoms with Crippen LogP contribution in [0.3, 0.4) is 0 Å². The minimum atomic E-state index is 0.103. The first-order valence-electron chi connectivity index (χ1n) is 13.8. The summed E-state index contributed by atoms with van der Waals surface area (Å²) in [6, 6.07) is 4.20. The van der Waals surface area contributed by atoms with Crippen molar-refractivity contribution >= 4 is 22.9 Å². The van der Waals surface area contributed by atoms with E-state index in [1.165, 1.54) is 19.3 Å². The van der Waals surface area contributed by atoms with Gasteiger partial charge in [-0.1, -0.05) is 32.6 Å². The third kappa shape index (κ3) is 5.22. The van der Waals surface area contributed by atoms with Gasteiger partial charge in [-0.25, -0.2) is 9.67 Å². The van der Waals surface area contributed by atoms with Gasteiger partial charge in [0, 0.05) is 48.7 Å². The maximum absolute atomic E-state index is 13.2. The molecule has 1 amide bonds. The highest BCUT2D eigenvalue weighted by molar-refractivity contribution is 5.94. The lowest BCUT2D eigenvalue weighted by molar-refractivity contribution is 0.0712. The Kier molecular flexibility index (Phi) is 7.48. The second kappa shape index (κ2) is 10.9. The third-order valence-corrected chi connectivity index (χ3v) is 7.71. The minimum absolute atomic E-state index is 0.103. The summed E-state index contributed by atoms with van der Waals surface area (Å²) >= 11 is 0. The Hall–Kier alpha value is -3.03. The molecule has 0 radical (unpaired) electrons. The molecule has 1 saturated carbocycles. The van der Waals surface area contributed by atoms with Gasteiger partial charge in [0.25, 0.3) is 5.91 Å². The lowest BCUT2D eigenvalue weighted by Crippen LogP contribution is -2.38. The van der Waals surface area contributed by atoms with Crippen LogP contribution in [0.25, 0.3) is 11.0 Å². The summed E-state index contributed by atoms with van der Waals surface area (Å²) in [5.41, 5.74) is 4.58. The quantitative estimate of drug-likeness (QED) is 0.436. The maximum Gasteiger partial charge on any atom is 0.253 e. The molecular weight excluding hydrogens is 450 g/mol. The zero-order valence-corrected chi connectivity index (χ0v) is 22.0. The number of piperidine rings is 1. The average molecular weight is 490 g/mol. The van der Waals surface area contributed by atoms with E-state index in [0.717, 1.165) is 91.8 Å². The summed E-state index contributed by atoms with van der Waals surface area (Å²) in [5, 5.41) is 9.66. The summed E-state index contributed by atoms with van der Waals surface area (Å²) in [6.07, 6.45) is 12.2. The number of unbranched alkanes of at least 4 members (excludes halogenated alkanes) is 1. The van der Waals surface area contributed by atoms with Crippen LogP contribution in [0.5, 0.6) is 0 Å². The number of pyridine rings is 1. The number of fused-ring (bicyclic) bond motifs is 1. The highest BCUT2D eigenvalue weighted by Gasteiger charge is 2.30. The van der Waals surface area contributed by atoms with Gasteiger partial charge in [0.2, 0.25) is 5.95 Å². The fourth-order valence-electron chi connectivity index (χ4n) is 5.79. The van der Waals surface area contributed by atoms with E-state index in [2.05, 4.69) is 26.9 Å². The summed E-state index contributed by atoms with van der Waals surface area (Å²) in [5.74, 6) is 1.11. The number of likely N-dealkylation sites (tertiary alicyclic amines) is 1. The highest BCUT2D eigenvalue weighted by atomic mass is 16.2. The molecule has 0 atom stereocenters. The van der Waals surface area contributed by atoms with Crippen molar-refractivity contribution in [1.29, 1.82) is 0 Å². The lowest BCUT2D eigenvalue weighted by atomic mass is 9.92.